The summed E-state index contributed by atoms with van der Waals surface area (Å²) < 4.78 is 25.5. The number of carbonyl (C=O) groups is 1. The smallest absolute Gasteiger partial charge is 0.251 e. The zero-order chi connectivity index (χ0) is 19.3. The average molecular weight is 394 g/mol. The quantitative estimate of drug-likeness (QED) is 0.805. The number of sulfonamides is 1. The van der Waals surface area contributed by atoms with E-state index in [1.165, 1.54) is 19.3 Å². The molecule has 1 N–H and O–H groups in total. The molecule has 0 aromatic heterocycles. The number of hydrogen-bond donors (Lipinski definition) is 1. The molecular formula is C20H31N3O3S. The van der Waals surface area contributed by atoms with Gasteiger partial charge in [-0.25, -0.2) is 8.42 Å². The van der Waals surface area contributed by atoms with Crippen molar-refractivity contribution in [3.8, 4) is 0 Å². The Kier molecular flexibility index (Phi) is 6.89. The molecule has 27 heavy (non-hydrogen) atoms. The molecule has 1 aliphatic heterocycles. The highest BCUT2D eigenvalue weighted by molar-refractivity contribution is 7.89. The molecule has 6 nitrogen and oxygen atoms in total. The predicted octanol–water partition coefficient (Wildman–Crippen LogP) is 2.22. The van der Waals surface area contributed by atoms with Crippen LogP contribution in [0.25, 0.3) is 0 Å². The number of carbonyl (C=O) groups excluding carboxylic acids is 1. The highest BCUT2D eigenvalue weighted by Crippen LogP contribution is 2.18. The number of nitrogens with zero attached hydrogens (tertiary/aromatic N) is 2. The summed E-state index contributed by atoms with van der Waals surface area (Å²) in [4.78, 5) is 14.8. The first kappa shape index (κ1) is 20.3. The fourth-order valence-electron chi connectivity index (χ4n) is 3.93. The summed E-state index contributed by atoms with van der Waals surface area (Å²) in [6.45, 7) is 4.95. The third-order valence-electron chi connectivity index (χ3n) is 5.63. The number of nitrogens with one attached hydrogen (secondary N) is 1. The van der Waals surface area contributed by atoms with Crippen molar-refractivity contribution in [2.24, 2.45) is 0 Å². The molecule has 0 spiro atoms. The van der Waals surface area contributed by atoms with Crippen molar-refractivity contribution in [3.63, 3.8) is 0 Å². The van der Waals surface area contributed by atoms with E-state index in [0.29, 0.717) is 24.7 Å². The topological polar surface area (TPSA) is 69.7 Å². The van der Waals surface area contributed by atoms with Crippen LogP contribution >= 0.6 is 0 Å². The highest BCUT2D eigenvalue weighted by Gasteiger charge is 2.25. The lowest BCUT2D eigenvalue weighted by molar-refractivity contribution is 0.0927. The van der Waals surface area contributed by atoms with Crippen LogP contribution in [0.4, 0.5) is 0 Å². The minimum absolute atomic E-state index is 0.0163. The summed E-state index contributed by atoms with van der Waals surface area (Å²) >= 11 is 0. The van der Waals surface area contributed by atoms with Gasteiger partial charge < -0.3 is 5.32 Å². The maximum absolute atomic E-state index is 12.5. The minimum atomic E-state index is -3.10. The normalized spacial score (nSPS) is 20.5. The van der Waals surface area contributed by atoms with Gasteiger partial charge >= 0.3 is 0 Å². The molecule has 1 aromatic carbocycles. The van der Waals surface area contributed by atoms with Gasteiger partial charge in [0.25, 0.3) is 5.91 Å². The summed E-state index contributed by atoms with van der Waals surface area (Å²) in [6, 6.07) is 8.11. The van der Waals surface area contributed by atoms with Crippen molar-refractivity contribution in [1.29, 1.82) is 0 Å². The fourth-order valence-corrected chi connectivity index (χ4v) is 5.02. The Morgan fingerprint density at radius 3 is 2.48 bits per heavy atom. The molecule has 2 fully saturated rings. The fraction of sp³-hybridized carbons (Fsp3) is 0.650. The van der Waals surface area contributed by atoms with Gasteiger partial charge in [-0.3, -0.25) is 9.69 Å². The number of hydrogen-bond acceptors (Lipinski definition) is 4. The average Bonchev–Trinajstić information content (AvgIpc) is 2.69. The molecule has 0 radical (unpaired) electrons. The van der Waals surface area contributed by atoms with Crippen molar-refractivity contribution in [2.45, 2.75) is 51.6 Å². The molecule has 150 valence electrons. The molecule has 1 saturated heterocycles. The Balaban J connectivity index is 1.54. The first-order valence-corrected chi connectivity index (χ1v) is 11.7. The Morgan fingerprint density at radius 1 is 1.11 bits per heavy atom. The molecule has 7 heteroatoms. The second-order valence-electron chi connectivity index (χ2n) is 7.58. The van der Waals surface area contributed by atoms with E-state index in [4.69, 9.17) is 0 Å². The van der Waals surface area contributed by atoms with E-state index in [1.54, 1.807) is 11.2 Å². The van der Waals surface area contributed by atoms with Crippen LogP contribution in [0.1, 0.15) is 54.9 Å². The summed E-state index contributed by atoms with van der Waals surface area (Å²) in [7, 11) is -3.10. The minimum Gasteiger partial charge on any atom is -0.349 e. The monoisotopic (exact) mass is 393 g/mol. The summed E-state index contributed by atoms with van der Waals surface area (Å²) in [6.07, 6.45) is 5.83. The molecule has 0 atom stereocenters. The molecular weight excluding hydrogens is 362 g/mol. The summed E-state index contributed by atoms with van der Waals surface area (Å²) in [5.41, 5.74) is 1.81. The second-order valence-corrected chi connectivity index (χ2v) is 9.84. The number of rotatable bonds is 6. The molecule has 2 aliphatic rings. The van der Waals surface area contributed by atoms with E-state index >= 15 is 0 Å². The van der Waals surface area contributed by atoms with E-state index in [9.17, 15) is 13.2 Å². The number of amides is 1. The lowest BCUT2D eigenvalue weighted by atomic mass is 9.95. The van der Waals surface area contributed by atoms with E-state index < -0.39 is 10.0 Å². The molecule has 3 rings (SSSR count). The summed E-state index contributed by atoms with van der Waals surface area (Å²) in [5.74, 6) is 0.174. The van der Waals surface area contributed by atoms with Crippen molar-refractivity contribution >= 4 is 15.9 Å². The van der Waals surface area contributed by atoms with Crippen LogP contribution in [0.15, 0.2) is 24.3 Å². The van der Waals surface area contributed by atoms with Crippen molar-refractivity contribution < 1.29 is 13.2 Å². The highest BCUT2D eigenvalue weighted by atomic mass is 32.2. The van der Waals surface area contributed by atoms with Crippen LogP contribution in [0, 0.1) is 0 Å². The van der Waals surface area contributed by atoms with Crippen molar-refractivity contribution in [2.75, 3.05) is 31.9 Å². The summed E-state index contributed by atoms with van der Waals surface area (Å²) in [5, 5.41) is 3.17. The first-order valence-electron chi connectivity index (χ1n) is 10.1. The Morgan fingerprint density at radius 2 is 1.81 bits per heavy atom. The van der Waals surface area contributed by atoms with Gasteiger partial charge in [-0.1, -0.05) is 31.4 Å². The van der Waals surface area contributed by atoms with E-state index in [-0.39, 0.29) is 11.7 Å². The SMILES string of the molecule is CCS(=O)(=O)N1CCN(Cc2cccc(C(=O)NC3CCCCC3)c2)CC1. The molecule has 0 unspecified atom stereocenters. The zero-order valence-electron chi connectivity index (χ0n) is 16.2. The lowest BCUT2D eigenvalue weighted by Crippen LogP contribution is -2.48. The van der Waals surface area contributed by atoms with Crippen LogP contribution in [0.3, 0.4) is 0 Å². The molecule has 1 saturated carbocycles. The molecule has 1 aliphatic carbocycles. The lowest BCUT2D eigenvalue weighted by Gasteiger charge is -2.33. The van der Waals surface area contributed by atoms with Gasteiger partial charge in [0.05, 0.1) is 5.75 Å². The third-order valence-corrected chi connectivity index (χ3v) is 7.51. The van der Waals surface area contributed by atoms with E-state index in [0.717, 1.165) is 38.0 Å². The van der Waals surface area contributed by atoms with Crippen LogP contribution < -0.4 is 5.32 Å². The van der Waals surface area contributed by atoms with Gasteiger partial charge in [0.2, 0.25) is 10.0 Å². The number of benzene rings is 1. The molecule has 1 aromatic rings. The maximum atomic E-state index is 12.5. The predicted molar refractivity (Wildman–Crippen MR) is 107 cm³/mol. The molecule has 1 heterocycles. The largest absolute Gasteiger partial charge is 0.349 e. The van der Waals surface area contributed by atoms with Crippen LogP contribution in [-0.2, 0) is 16.6 Å². The van der Waals surface area contributed by atoms with Gasteiger partial charge in [-0.05, 0) is 37.5 Å². The number of piperazine rings is 1. The molecule has 0 bridgehead atoms. The van der Waals surface area contributed by atoms with Crippen LogP contribution in [-0.4, -0.2) is 61.5 Å². The second kappa shape index (κ2) is 9.17. The van der Waals surface area contributed by atoms with Crippen LogP contribution in [0.5, 0.6) is 0 Å². The first-order chi connectivity index (χ1) is 13.0. The van der Waals surface area contributed by atoms with Crippen molar-refractivity contribution in [1.82, 2.24) is 14.5 Å². The van der Waals surface area contributed by atoms with Gasteiger partial charge in [-0.15, -0.1) is 0 Å². The van der Waals surface area contributed by atoms with Gasteiger partial charge in [0.1, 0.15) is 0 Å². The van der Waals surface area contributed by atoms with E-state index in [2.05, 4.69) is 10.2 Å². The Labute approximate surface area is 163 Å². The Bertz CT molecular complexity index is 737. The van der Waals surface area contributed by atoms with Crippen LogP contribution in [0.2, 0.25) is 0 Å². The maximum Gasteiger partial charge on any atom is 0.251 e. The standard InChI is InChI=1S/C20H31N3O3S/c1-2-27(25,26)23-13-11-22(12-14-23)16-17-7-6-8-18(15-17)20(24)21-19-9-4-3-5-10-19/h6-8,15,19H,2-5,9-14,16H2,1H3,(H,21,24). The van der Waals surface area contributed by atoms with Gasteiger partial charge in [-0.2, -0.15) is 4.31 Å². The molecule has 1 amide bonds. The Hall–Kier alpha value is -1.44. The third kappa shape index (κ3) is 5.53. The zero-order valence-corrected chi connectivity index (χ0v) is 17.0. The van der Waals surface area contributed by atoms with E-state index in [1.807, 2.05) is 24.3 Å². The van der Waals surface area contributed by atoms with Crippen molar-refractivity contribution in [3.05, 3.63) is 35.4 Å². The van der Waals surface area contributed by atoms with Gasteiger partial charge in [0, 0.05) is 44.3 Å². The van der Waals surface area contributed by atoms with Gasteiger partial charge in [0.15, 0.2) is 0 Å².